The second-order valence-electron chi connectivity index (χ2n) is 4.91. The largest absolute Gasteiger partial charge is 0.383 e. The van der Waals surface area contributed by atoms with Crippen LogP contribution in [0.25, 0.3) is 0 Å². The van der Waals surface area contributed by atoms with Crippen LogP contribution in [0.4, 0.5) is 15.9 Å². The van der Waals surface area contributed by atoms with Crippen LogP contribution in [-0.4, -0.2) is 17.4 Å². The van der Waals surface area contributed by atoms with Gasteiger partial charge in [0.1, 0.15) is 11.6 Å². The fourth-order valence-corrected chi connectivity index (χ4v) is 2.32. The molecule has 0 spiro atoms. The van der Waals surface area contributed by atoms with Gasteiger partial charge < -0.3 is 16.4 Å². The Balaban J connectivity index is 1.85. The number of carbonyl (C=O) groups excluding carboxylic acids is 1. The molecule has 1 aliphatic heterocycles. The number of hydrogen-bond donors (Lipinski definition) is 3. The van der Waals surface area contributed by atoms with Gasteiger partial charge in [0.25, 0.3) is 5.91 Å². The number of halogens is 1. The molecule has 0 saturated heterocycles. The highest BCUT2D eigenvalue weighted by Crippen LogP contribution is 2.19. The highest BCUT2D eigenvalue weighted by molar-refractivity contribution is 6.07. The van der Waals surface area contributed by atoms with E-state index >= 15 is 0 Å². The molecule has 1 aromatic carbocycles. The van der Waals surface area contributed by atoms with E-state index in [1.54, 1.807) is 6.07 Å². The molecule has 21 heavy (non-hydrogen) atoms. The van der Waals surface area contributed by atoms with Gasteiger partial charge in [-0.1, -0.05) is 0 Å². The van der Waals surface area contributed by atoms with Crippen molar-refractivity contribution in [1.82, 2.24) is 10.3 Å². The van der Waals surface area contributed by atoms with Gasteiger partial charge in [0, 0.05) is 30.9 Å². The number of nitrogen functional groups attached to an aromatic ring is 1. The van der Waals surface area contributed by atoms with Crippen LogP contribution in [0.3, 0.4) is 0 Å². The van der Waals surface area contributed by atoms with Crippen molar-refractivity contribution in [2.45, 2.75) is 13.0 Å². The Hall–Kier alpha value is -2.47. The summed E-state index contributed by atoms with van der Waals surface area (Å²) >= 11 is 0. The molecular formula is C15H15FN4O. The van der Waals surface area contributed by atoms with Gasteiger partial charge in [-0.05, 0) is 35.9 Å². The summed E-state index contributed by atoms with van der Waals surface area (Å²) in [5.41, 5.74) is 8.64. The number of carbonyl (C=O) groups is 1. The van der Waals surface area contributed by atoms with E-state index in [9.17, 15) is 9.18 Å². The molecule has 1 aromatic heterocycles. The molecule has 0 unspecified atom stereocenters. The van der Waals surface area contributed by atoms with Crippen LogP contribution in [0.5, 0.6) is 0 Å². The minimum Gasteiger partial charge on any atom is -0.383 e. The lowest BCUT2D eigenvalue weighted by molar-refractivity contribution is 0.102. The van der Waals surface area contributed by atoms with Crippen LogP contribution in [0.15, 0.2) is 30.3 Å². The minimum atomic E-state index is -0.353. The van der Waals surface area contributed by atoms with Crippen LogP contribution in [-0.2, 0) is 13.0 Å². The van der Waals surface area contributed by atoms with Gasteiger partial charge in [-0.3, -0.25) is 4.79 Å². The van der Waals surface area contributed by atoms with Gasteiger partial charge in [0.05, 0.1) is 5.56 Å². The molecule has 6 heteroatoms. The lowest BCUT2D eigenvalue weighted by Crippen LogP contribution is -2.26. The number of hydrogen-bond acceptors (Lipinski definition) is 4. The van der Waals surface area contributed by atoms with E-state index in [0.717, 1.165) is 24.2 Å². The van der Waals surface area contributed by atoms with E-state index < -0.39 is 0 Å². The van der Waals surface area contributed by atoms with Crippen molar-refractivity contribution in [2.75, 3.05) is 17.6 Å². The standard InChI is InChI=1S/C15H15FN4O/c16-10-1-3-11(4-2-10)19-15(21)12-7-9-8-18-6-5-13(9)20-14(12)17/h1-4,7,18H,5-6,8H2,(H2,17,20)(H,19,21). The fraction of sp³-hybridized carbons (Fsp3) is 0.200. The average Bonchev–Trinajstić information content (AvgIpc) is 2.49. The van der Waals surface area contributed by atoms with Gasteiger partial charge >= 0.3 is 0 Å². The number of aromatic nitrogens is 1. The zero-order chi connectivity index (χ0) is 14.8. The zero-order valence-corrected chi connectivity index (χ0v) is 11.3. The van der Waals surface area contributed by atoms with E-state index in [2.05, 4.69) is 15.6 Å². The summed E-state index contributed by atoms with van der Waals surface area (Å²) in [4.78, 5) is 16.6. The Labute approximate surface area is 121 Å². The molecule has 108 valence electrons. The summed E-state index contributed by atoms with van der Waals surface area (Å²) in [6.07, 6.45) is 0.805. The molecule has 2 heterocycles. The number of pyridine rings is 1. The number of fused-ring (bicyclic) bond motifs is 1. The maximum absolute atomic E-state index is 12.9. The normalized spacial score (nSPS) is 13.6. The van der Waals surface area contributed by atoms with Crippen molar-refractivity contribution in [2.24, 2.45) is 0 Å². The maximum Gasteiger partial charge on any atom is 0.259 e. The minimum absolute atomic E-state index is 0.218. The fourth-order valence-electron chi connectivity index (χ4n) is 2.32. The SMILES string of the molecule is Nc1nc2c(cc1C(=O)Nc1ccc(F)cc1)CNCC2. The van der Waals surface area contributed by atoms with E-state index in [1.165, 1.54) is 24.3 Å². The van der Waals surface area contributed by atoms with Gasteiger partial charge in [-0.15, -0.1) is 0 Å². The predicted octanol–water partition coefficient (Wildman–Crippen LogP) is 1.70. The number of nitrogens with zero attached hydrogens (tertiary/aromatic N) is 1. The molecule has 4 N–H and O–H groups in total. The Morgan fingerprint density at radius 3 is 2.86 bits per heavy atom. The summed E-state index contributed by atoms with van der Waals surface area (Å²) in [5, 5.41) is 5.92. The van der Waals surface area contributed by atoms with Crippen molar-refractivity contribution in [1.29, 1.82) is 0 Å². The summed E-state index contributed by atoms with van der Waals surface area (Å²) < 4.78 is 12.9. The first kappa shape index (κ1) is 13.5. The van der Waals surface area contributed by atoms with Gasteiger partial charge in [-0.2, -0.15) is 0 Å². The van der Waals surface area contributed by atoms with Crippen LogP contribution in [0.1, 0.15) is 21.6 Å². The Morgan fingerprint density at radius 2 is 2.10 bits per heavy atom. The third-order valence-electron chi connectivity index (χ3n) is 3.42. The molecule has 0 bridgehead atoms. The molecule has 0 atom stereocenters. The Kier molecular flexibility index (Phi) is 3.53. The van der Waals surface area contributed by atoms with E-state index in [-0.39, 0.29) is 17.5 Å². The van der Waals surface area contributed by atoms with Crippen molar-refractivity contribution in [3.63, 3.8) is 0 Å². The Bertz CT molecular complexity index is 685. The number of anilines is 2. The third kappa shape index (κ3) is 2.85. The summed E-state index contributed by atoms with van der Waals surface area (Å²) in [5.74, 6) is -0.482. The lowest BCUT2D eigenvalue weighted by atomic mass is 10.0. The summed E-state index contributed by atoms with van der Waals surface area (Å²) in [6.45, 7) is 1.54. The summed E-state index contributed by atoms with van der Waals surface area (Å²) in [7, 11) is 0. The van der Waals surface area contributed by atoms with E-state index in [0.29, 0.717) is 17.8 Å². The lowest BCUT2D eigenvalue weighted by Gasteiger charge is -2.18. The van der Waals surface area contributed by atoms with Crippen LogP contribution in [0.2, 0.25) is 0 Å². The number of rotatable bonds is 2. The molecule has 1 amide bonds. The van der Waals surface area contributed by atoms with Crippen molar-refractivity contribution < 1.29 is 9.18 Å². The monoisotopic (exact) mass is 286 g/mol. The molecule has 1 aliphatic rings. The van der Waals surface area contributed by atoms with Crippen molar-refractivity contribution in [3.05, 3.63) is 53.0 Å². The smallest absolute Gasteiger partial charge is 0.259 e. The number of benzene rings is 1. The molecular weight excluding hydrogens is 271 g/mol. The molecule has 0 fully saturated rings. The summed E-state index contributed by atoms with van der Waals surface area (Å²) in [6, 6.07) is 7.33. The number of nitrogens with one attached hydrogen (secondary N) is 2. The Morgan fingerprint density at radius 1 is 1.33 bits per heavy atom. The molecule has 5 nitrogen and oxygen atoms in total. The van der Waals surface area contributed by atoms with E-state index in [4.69, 9.17) is 5.73 Å². The topological polar surface area (TPSA) is 80.0 Å². The van der Waals surface area contributed by atoms with Gasteiger partial charge in [-0.25, -0.2) is 9.37 Å². The first-order valence-electron chi connectivity index (χ1n) is 6.69. The second-order valence-corrected chi connectivity index (χ2v) is 4.91. The van der Waals surface area contributed by atoms with E-state index in [1.807, 2.05) is 0 Å². The van der Waals surface area contributed by atoms with Crippen molar-refractivity contribution >= 4 is 17.4 Å². The highest BCUT2D eigenvalue weighted by Gasteiger charge is 2.17. The predicted molar refractivity (Wildman–Crippen MR) is 78.4 cm³/mol. The van der Waals surface area contributed by atoms with Gasteiger partial charge in [0.15, 0.2) is 0 Å². The molecule has 2 aromatic rings. The highest BCUT2D eigenvalue weighted by atomic mass is 19.1. The molecule has 0 aliphatic carbocycles. The van der Waals surface area contributed by atoms with Crippen LogP contribution >= 0.6 is 0 Å². The molecule has 0 radical (unpaired) electrons. The third-order valence-corrected chi connectivity index (χ3v) is 3.42. The second kappa shape index (κ2) is 5.49. The van der Waals surface area contributed by atoms with Crippen LogP contribution in [0, 0.1) is 5.82 Å². The van der Waals surface area contributed by atoms with Crippen molar-refractivity contribution in [3.8, 4) is 0 Å². The number of nitrogens with two attached hydrogens (primary N) is 1. The van der Waals surface area contributed by atoms with Crippen LogP contribution < -0.4 is 16.4 Å². The first-order valence-corrected chi connectivity index (χ1v) is 6.69. The maximum atomic E-state index is 12.9. The zero-order valence-electron chi connectivity index (χ0n) is 11.3. The quantitative estimate of drug-likeness (QED) is 0.785. The molecule has 3 rings (SSSR count). The first-order chi connectivity index (χ1) is 10.1. The number of amides is 1. The molecule has 0 saturated carbocycles. The average molecular weight is 286 g/mol. The van der Waals surface area contributed by atoms with Gasteiger partial charge in [0.2, 0.25) is 0 Å².